The van der Waals surface area contributed by atoms with E-state index < -0.39 is 11.9 Å². The first-order valence-electron chi connectivity index (χ1n) is 22.7. The molecule has 0 unspecified atom stereocenters. The van der Waals surface area contributed by atoms with E-state index >= 15 is 0 Å². The van der Waals surface area contributed by atoms with Crippen molar-refractivity contribution in [3.05, 3.63) is 249 Å². The molecule has 2 aliphatic carbocycles. The quantitative estimate of drug-likeness (QED) is 0.0974. The van der Waals surface area contributed by atoms with E-state index in [1.807, 2.05) is 121 Å². The van der Waals surface area contributed by atoms with Crippen LogP contribution < -0.4 is 28.4 Å². The van der Waals surface area contributed by atoms with Crippen molar-refractivity contribution in [2.45, 2.75) is 24.7 Å². The van der Waals surface area contributed by atoms with Gasteiger partial charge in [0, 0.05) is 45.5 Å². The van der Waals surface area contributed by atoms with Crippen LogP contribution in [0.3, 0.4) is 0 Å². The Morgan fingerprint density at radius 3 is 1.33 bits per heavy atom. The highest BCUT2D eigenvalue weighted by Crippen LogP contribution is 2.54. The summed E-state index contributed by atoms with van der Waals surface area (Å²) < 4.78 is 39.1. The Morgan fingerprint density at radius 2 is 0.855 bits per heavy atom. The molecule has 0 fully saturated rings. The van der Waals surface area contributed by atoms with E-state index in [0.717, 1.165) is 11.1 Å². The van der Waals surface area contributed by atoms with Crippen LogP contribution in [0.4, 0.5) is 0 Å². The Hall–Kier alpha value is -8.76. The molecule has 0 atom stereocenters. The molecule has 0 saturated heterocycles. The second kappa shape index (κ2) is 17.8. The lowest BCUT2D eigenvalue weighted by atomic mass is 9.82. The van der Waals surface area contributed by atoms with Crippen LogP contribution in [0, 0.1) is 0 Å². The van der Waals surface area contributed by atoms with Crippen molar-refractivity contribution < 1.29 is 47.6 Å². The predicted octanol–water partition coefficient (Wildman–Crippen LogP) is 11.3. The van der Waals surface area contributed by atoms with Crippen molar-refractivity contribution in [1.82, 2.24) is 0 Å². The summed E-state index contributed by atoms with van der Waals surface area (Å²) in [5.41, 5.74) is 4.44. The first-order valence-corrected chi connectivity index (χ1v) is 22.7. The lowest BCUT2D eigenvalue weighted by Gasteiger charge is -2.28. The van der Waals surface area contributed by atoms with Crippen molar-refractivity contribution in [3.63, 3.8) is 0 Å². The van der Waals surface area contributed by atoms with Gasteiger partial charge in [-0.15, -0.1) is 0 Å². The molecule has 0 saturated carbocycles. The number of hydrogen-bond donors (Lipinski definition) is 0. The highest BCUT2D eigenvalue weighted by atomic mass is 16.7. The van der Waals surface area contributed by atoms with Crippen LogP contribution in [0.5, 0.6) is 34.5 Å². The van der Waals surface area contributed by atoms with Crippen molar-refractivity contribution in [3.8, 4) is 34.5 Å². The molecule has 338 valence electrons. The summed E-state index contributed by atoms with van der Waals surface area (Å²) in [7, 11) is 1.48. The molecule has 0 amide bonds. The van der Waals surface area contributed by atoms with E-state index in [9.17, 15) is 19.2 Å². The smallest absolute Gasteiger partial charge is 0.305 e. The van der Waals surface area contributed by atoms with Crippen LogP contribution in [0.1, 0.15) is 105 Å². The number of carbonyl (C=O) groups is 4. The van der Waals surface area contributed by atoms with E-state index in [0.29, 0.717) is 24.0 Å². The zero-order chi connectivity index (χ0) is 47.1. The number of benzene rings is 8. The normalized spacial score (nSPS) is 13.8. The maximum atomic E-state index is 14.5. The van der Waals surface area contributed by atoms with Gasteiger partial charge in [-0.25, -0.2) is 0 Å². The standard InChI is InChI=1S/C59H42O10/c1-64-46-34-44(48-50(54(62)42-30-16-14-28-40(42)52(48)60)57(46)67-56(36-20-6-2-7-21-36)37-22-8-3-9-23-37)65-32-18-19-33-66-45-35-47-58(51-49(45)53(61)41-29-15-17-31-43(41)55(51)63)69-59(68-47,38-24-10-4-11-25-38)39-26-12-5-13-27-39/h2-17,20-31,34-35,56H,18-19,32-33H2,1H3. The molecule has 10 heteroatoms. The van der Waals surface area contributed by atoms with Crippen LogP contribution >= 0.6 is 0 Å². The van der Waals surface area contributed by atoms with Crippen LogP contribution in [-0.2, 0) is 5.79 Å². The molecule has 11 rings (SSSR count). The molecular formula is C59H42O10. The van der Waals surface area contributed by atoms with Gasteiger partial charge < -0.3 is 28.4 Å². The largest absolute Gasteiger partial charge is 0.493 e. The molecule has 69 heavy (non-hydrogen) atoms. The Bertz CT molecular complexity index is 3230. The van der Waals surface area contributed by atoms with Crippen molar-refractivity contribution in [1.29, 1.82) is 0 Å². The molecule has 0 bridgehead atoms. The summed E-state index contributed by atoms with van der Waals surface area (Å²) in [5.74, 6) is -1.85. The molecular weight excluding hydrogens is 869 g/mol. The highest BCUT2D eigenvalue weighted by molar-refractivity contribution is 6.31. The van der Waals surface area contributed by atoms with Gasteiger partial charge in [-0.2, -0.15) is 0 Å². The molecule has 8 aromatic carbocycles. The third kappa shape index (κ3) is 7.37. The monoisotopic (exact) mass is 910 g/mol. The fourth-order valence-electron chi connectivity index (χ4n) is 9.40. The zero-order valence-corrected chi connectivity index (χ0v) is 37.3. The van der Waals surface area contributed by atoms with Gasteiger partial charge >= 0.3 is 5.79 Å². The summed E-state index contributed by atoms with van der Waals surface area (Å²) in [6, 6.07) is 54.8. The van der Waals surface area contributed by atoms with E-state index in [2.05, 4.69) is 0 Å². The minimum atomic E-state index is -1.46. The first-order chi connectivity index (χ1) is 33.9. The Morgan fingerprint density at radius 1 is 0.449 bits per heavy atom. The van der Waals surface area contributed by atoms with Gasteiger partial charge in [0.05, 0.1) is 42.6 Å². The zero-order valence-electron chi connectivity index (χ0n) is 37.3. The average Bonchev–Trinajstić information content (AvgIpc) is 3.81. The van der Waals surface area contributed by atoms with Gasteiger partial charge in [-0.05, 0) is 24.0 Å². The fraction of sp³-hybridized carbons (Fsp3) is 0.119. The number of unbranched alkanes of at least 4 members (excludes halogenated alkanes) is 1. The minimum absolute atomic E-state index is 0.0603. The molecule has 10 nitrogen and oxygen atoms in total. The Balaban J connectivity index is 0.884. The van der Waals surface area contributed by atoms with Gasteiger partial charge in [0.2, 0.25) is 0 Å². The average molecular weight is 911 g/mol. The van der Waals surface area contributed by atoms with Gasteiger partial charge in [0.1, 0.15) is 17.6 Å². The summed E-state index contributed by atoms with van der Waals surface area (Å²) in [6.07, 6.45) is 0.226. The summed E-state index contributed by atoms with van der Waals surface area (Å²) >= 11 is 0. The number of hydrogen-bond acceptors (Lipinski definition) is 10. The molecule has 1 heterocycles. The fourth-order valence-corrected chi connectivity index (χ4v) is 9.40. The second-order valence-corrected chi connectivity index (χ2v) is 16.8. The van der Waals surface area contributed by atoms with E-state index in [1.165, 1.54) is 7.11 Å². The molecule has 3 aliphatic rings. The summed E-state index contributed by atoms with van der Waals surface area (Å²) in [4.78, 5) is 57.8. The lowest BCUT2D eigenvalue weighted by molar-refractivity contribution is -0.0461. The lowest BCUT2D eigenvalue weighted by Crippen LogP contribution is -2.37. The maximum Gasteiger partial charge on any atom is 0.305 e. The van der Waals surface area contributed by atoms with Gasteiger partial charge in [0.25, 0.3) is 0 Å². The third-order valence-corrected chi connectivity index (χ3v) is 12.7. The van der Waals surface area contributed by atoms with Crippen LogP contribution in [0.2, 0.25) is 0 Å². The van der Waals surface area contributed by atoms with Gasteiger partial charge in [-0.3, -0.25) is 19.2 Å². The van der Waals surface area contributed by atoms with Crippen molar-refractivity contribution in [2.24, 2.45) is 0 Å². The molecule has 0 radical (unpaired) electrons. The minimum Gasteiger partial charge on any atom is -0.493 e. The van der Waals surface area contributed by atoms with Crippen LogP contribution in [0.15, 0.2) is 182 Å². The predicted molar refractivity (Wildman–Crippen MR) is 257 cm³/mol. The summed E-state index contributed by atoms with van der Waals surface area (Å²) in [6.45, 7) is 0.250. The molecule has 0 aromatic heterocycles. The third-order valence-electron chi connectivity index (χ3n) is 12.7. The SMILES string of the molecule is COc1cc(OCCCCOc2cc3c(c4c2C(=O)c2ccccc2C4=O)OC(c2ccccc2)(c2ccccc2)O3)c2c(c1OC(c1ccccc1)c1ccccc1)C(=O)c1ccccc1C2=O. The van der Waals surface area contributed by atoms with Gasteiger partial charge in [0.15, 0.2) is 46.1 Å². The molecule has 0 spiro atoms. The molecule has 0 N–H and O–H groups in total. The second-order valence-electron chi connectivity index (χ2n) is 16.8. The number of methoxy groups -OCH3 is 1. The summed E-state index contributed by atoms with van der Waals surface area (Å²) in [5, 5.41) is 0. The Kier molecular flexibility index (Phi) is 11.1. The van der Waals surface area contributed by atoms with Gasteiger partial charge in [-0.1, -0.05) is 170 Å². The van der Waals surface area contributed by atoms with Crippen LogP contribution in [0.25, 0.3) is 0 Å². The van der Waals surface area contributed by atoms with Crippen molar-refractivity contribution >= 4 is 23.1 Å². The number of fused-ring (bicyclic) bond motifs is 6. The number of rotatable bonds is 14. The van der Waals surface area contributed by atoms with Crippen molar-refractivity contribution in [2.75, 3.05) is 20.3 Å². The maximum absolute atomic E-state index is 14.5. The van der Waals surface area contributed by atoms with Crippen LogP contribution in [-0.4, -0.2) is 43.5 Å². The molecule has 8 aromatic rings. The van der Waals surface area contributed by atoms with E-state index in [4.69, 9.17) is 28.4 Å². The number of carbonyl (C=O) groups excluding carboxylic acids is 4. The number of ether oxygens (including phenoxy) is 6. The topological polar surface area (TPSA) is 124 Å². The first kappa shape index (κ1) is 42.8. The molecule has 1 aliphatic heterocycles. The Labute approximate surface area is 397 Å². The number of ketones is 4. The van der Waals surface area contributed by atoms with E-state index in [-0.39, 0.29) is 115 Å². The highest BCUT2D eigenvalue weighted by Gasteiger charge is 2.50. The van der Waals surface area contributed by atoms with E-state index in [1.54, 1.807) is 60.7 Å².